The minimum atomic E-state index is -0.399. The van der Waals surface area contributed by atoms with Crippen LogP contribution in [0.4, 0.5) is 5.69 Å². The first-order valence-corrected chi connectivity index (χ1v) is 6.34. The molecule has 2 aromatic rings. The number of ether oxygens (including phenoxy) is 1. The lowest BCUT2D eigenvalue weighted by atomic mass is 10.0. The number of hydrogen-bond donors (Lipinski definition) is 1. The zero-order valence-electron chi connectivity index (χ0n) is 10.8. The van der Waals surface area contributed by atoms with Crippen molar-refractivity contribution in [2.75, 3.05) is 12.8 Å². The fourth-order valence-corrected chi connectivity index (χ4v) is 2.58. The molecule has 0 aliphatic heterocycles. The Morgan fingerprint density at radius 1 is 1.37 bits per heavy atom. The van der Waals surface area contributed by atoms with Crippen molar-refractivity contribution in [2.45, 2.75) is 31.3 Å². The predicted octanol–water partition coefficient (Wildman–Crippen LogP) is 2.13. The van der Waals surface area contributed by atoms with Gasteiger partial charge in [-0.1, -0.05) is 5.16 Å². The molecule has 1 aliphatic carbocycles. The van der Waals surface area contributed by atoms with Gasteiger partial charge in [-0.05, 0) is 31.7 Å². The smallest absolute Gasteiger partial charge is 0.260 e. The molecule has 0 aromatic carbocycles. The third-order valence-corrected chi connectivity index (χ3v) is 3.72. The van der Waals surface area contributed by atoms with Gasteiger partial charge in [-0.15, -0.1) is 0 Å². The Kier molecular flexibility index (Phi) is 2.94. The van der Waals surface area contributed by atoms with E-state index in [1.165, 1.54) is 0 Å². The minimum absolute atomic E-state index is 0.399. The molecule has 100 valence electrons. The second-order valence-corrected chi connectivity index (χ2v) is 4.79. The second kappa shape index (κ2) is 4.62. The maximum absolute atomic E-state index is 5.86. The fraction of sp³-hybridized carbons (Fsp3) is 0.462. The molecule has 2 N–H and O–H groups in total. The Balaban J connectivity index is 1.98. The summed E-state index contributed by atoms with van der Waals surface area (Å²) in [6.45, 7) is 0. The molecule has 6 nitrogen and oxygen atoms in total. The van der Waals surface area contributed by atoms with Crippen LogP contribution in [0.5, 0.6) is 0 Å². The molecule has 0 bridgehead atoms. The van der Waals surface area contributed by atoms with Crippen molar-refractivity contribution in [3.05, 3.63) is 24.3 Å². The standard InChI is InChI=1S/C13H16N4O2/c1-18-13(5-2-3-6-13)12-16-11(19-17-12)9-4-7-15-8-10(9)14/h4,7-8H,2-3,5-6,14H2,1H3. The van der Waals surface area contributed by atoms with Crippen molar-refractivity contribution in [1.29, 1.82) is 0 Å². The van der Waals surface area contributed by atoms with E-state index < -0.39 is 5.60 Å². The minimum Gasteiger partial charge on any atom is -0.397 e. The van der Waals surface area contributed by atoms with E-state index in [9.17, 15) is 0 Å². The van der Waals surface area contributed by atoms with Gasteiger partial charge in [-0.2, -0.15) is 4.98 Å². The van der Waals surface area contributed by atoms with Crippen molar-refractivity contribution in [1.82, 2.24) is 15.1 Å². The number of aromatic nitrogens is 3. The van der Waals surface area contributed by atoms with Gasteiger partial charge in [0.05, 0.1) is 17.4 Å². The summed E-state index contributed by atoms with van der Waals surface area (Å²) >= 11 is 0. The topological polar surface area (TPSA) is 87.1 Å². The third kappa shape index (κ3) is 1.98. The number of hydrogen-bond acceptors (Lipinski definition) is 6. The maximum atomic E-state index is 5.86. The van der Waals surface area contributed by atoms with E-state index in [1.54, 1.807) is 25.6 Å². The lowest BCUT2D eigenvalue weighted by Crippen LogP contribution is -2.25. The molecule has 0 saturated heterocycles. The van der Waals surface area contributed by atoms with Gasteiger partial charge < -0.3 is 15.0 Å². The number of nitrogen functional groups attached to an aromatic ring is 1. The molecule has 2 aromatic heterocycles. The van der Waals surface area contributed by atoms with Gasteiger partial charge in [0.1, 0.15) is 5.60 Å². The normalized spacial score (nSPS) is 17.7. The zero-order valence-corrected chi connectivity index (χ0v) is 10.8. The Labute approximate surface area is 111 Å². The lowest BCUT2D eigenvalue weighted by molar-refractivity contribution is -0.0178. The Hall–Kier alpha value is -1.95. The van der Waals surface area contributed by atoms with E-state index in [0.29, 0.717) is 23.0 Å². The van der Waals surface area contributed by atoms with Crippen molar-refractivity contribution in [3.63, 3.8) is 0 Å². The molecule has 19 heavy (non-hydrogen) atoms. The lowest BCUT2D eigenvalue weighted by Gasteiger charge is -2.22. The highest BCUT2D eigenvalue weighted by atomic mass is 16.5. The van der Waals surface area contributed by atoms with E-state index in [1.807, 2.05) is 0 Å². The highest BCUT2D eigenvalue weighted by Gasteiger charge is 2.40. The van der Waals surface area contributed by atoms with Crippen LogP contribution in [-0.2, 0) is 10.3 Å². The Bertz CT molecular complexity index is 576. The van der Waals surface area contributed by atoms with E-state index in [-0.39, 0.29) is 0 Å². The number of rotatable bonds is 3. The Morgan fingerprint density at radius 2 is 2.16 bits per heavy atom. The summed E-state index contributed by atoms with van der Waals surface area (Å²) in [4.78, 5) is 8.40. The molecule has 0 radical (unpaired) electrons. The summed E-state index contributed by atoms with van der Waals surface area (Å²) < 4.78 is 11.0. The van der Waals surface area contributed by atoms with Crippen LogP contribution in [0.2, 0.25) is 0 Å². The SMILES string of the molecule is COC1(c2noc(-c3ccncc3N)n2)CCCC1. The van der Waals surface area contributed by atoms with Gasteiger partial charge in [-0.25, -0.2) is 0 Å². The summed E-state index contributed by atoms with van der Waals surface area (Å²) in [5, 5.41) is 4.07. The van der Waals surface area contributed by atoms with Crippen LogP contribution >= 0.6 is 0 Å². The number of nitrogens with zero attached hydrogens (tertiary/aromatic N) is 3. The highest BCUT2D eigenvalue weighted by molar-refractivity contribution is 5.68. The van der Waals surface area contributed by atoms with Gasteiger partial charge >= 0.3 is 0 Å². The van der Waals surface area contributed by atoms with Crippen molar-refractivity contribution >= 4 is 5.69 Å². The molecule has 1 saturated carbocycles. The fourth-order valence-electron chi connectivity index (χ4n) is 2.58. The monoisotopic (exact) mass is 260 g/mol. The van der Waals surface area contributed by atoms with Crippen LogP contribution in [0, 0.1) is 0 Å². The predicted molar refractivity (Wildman–Crippen MR) is 69.1 cm³/mol. The average Bonchev–Trinajstić information content (AvgIpc) is 3.09. The van der Waals surface area contributed by atoms with Crippen molar-refractivity contribution in [2.24, 2.45) is 0 Å². The molecule has 0 spiro atoms. The van der Waals surface area contributed by atoms with Gasteiger partial charge in [0.25, 0.3) is 5.89 Å². The number of anilines is 1. The maximum Gasteiger partial charge on any atom is 0.260 e. The van der Waals surface area contributed by atoms with Gasteiger partial charge in [0, 0.05) is 13.3 Å². The van der Waals surface area contributed by atoms with Crippen molar-refractivity contribution < 1.29 is 9.26 Å². The average molecular weight is 260 g/mol. The first kappa shape index (κ1) is 12.1. The first-order chi connectivity index (χ1) is 9.25. The summed E-state index contributed by atoms with van der Waals surface area (Å²) in [5.74, 6) is 1.02. The van der Waals surface area contributed by atoms with Crippen molar-refractivity contribution in [3.8, 4) is 11.5 Å². The molecule has 0 unspecified atom stereocenters. The number of pyridine rings is 1. The quantitative estimate of drug-likeness (QED) is 0.909. The third-order valence-electron chi connectivity index (χ3n) is 3.72. The van der Waals surface area contributed by atoms with Gasteiger partial charge in [-0.3, -0.25) is 4.98 Å². The van der Waals surface area contributed by atoms with Crippen LogP contribution in [0.3, 0.4) is 0 Å². The zero-order chi connectivity index (χ0) is 13.3. The molecular weight excluding hydrogens is 244 g/mol. The summed E-state index contributed by atoms with van der Waals surface area (Å²) in [6.07, 6.45) is 7.31. The van der Waals surface area contributed by atoms with Crippen LogP contribution in [-0.4, -0.2) is 22.2 Å². The largest absolute Gasteiger partial charge is 0.397 e. The summed E-state index contributed by atoms with van der Waals surface area (Å²) in [5.41, 5.74) is 6.69. The van der Waals surface area contributed by atoms with E-state index in [0.717, 1.165) is 25.7 Å². The number of methoxy groups -OCH3 is 1. The molecule has 2 heterocycles. The molecule has 0 atom stereocenters. The summed E-state index contributed by atoms with van der Waals surface area (Å²) in [7, 11) is 1.70. The second-order valence-electron chi connectivity index (χ2n) is 4.79. The van der Waals surface area contributed by atoms with Crippen LogP contribution in [0.15, 0.2) is 23.0 Å². The Morgan fingerprint density at radius 3 is 2.84 bits per heavy atom. The molecule has 1 aliphatic rings. The van der Waals surface area contributed by atoms with Crippen LogP contribution < -0.4 is 5.73 Å². The highest BCUT2D eigenvalue weighted by Crippen LogP contribution is 2.40. The van der Waals surface area contributed by atoms with Gasteiger partial charge in [0.2, 0.25) is 5.82 Å². The van der Waals surface area contributed by atoms with E-state index in [4.69, 9.17) is 15.0 Å². The number of nitrogens with two attached hydrogens (primary N) is 1. The van der Waals surface area contributed by atoms with Gasteiger partial charge in [0.15, 0.2) is 0 Å². The molecule has 0 amide bonds. The van der Waals surface area contributed by atoms with E-state index in [2.05, 4.69) is 15.1 Å². The first-order valence-electron chi connectivity index (χ1n) is 6.34. The van der Waals surface area contributed by atoms with E-state index >= 15 is 0 Å². The molecule has 1 fully saturated rings. The summed E-state index contributed by atoms with van der Waals surface area (Å²) in [6, 6.07) is 1.76. The molecule has 6 heteroatoms. The van der Waals surface area contributed by atoms with Crippen LogP contribution in [0.1, 0.15) is 31.5 Å². The molecule has 3 rings (SSSR count). The molecular formula is C13H16N4O2. The van der Waals surface area contributed by atoms with Crippen LogP contribution in [0.25, 0.3) is 11.5 Å².